The molecule has 202 valence electrons. The van der Waals surface area contributed by atoms with Crippen molar-refractivity contribution in [2.75, 3.05) is 32.1 Å². The largest absolute Gasteiger partial charge is 0.488 e. The Morgan fingerprint density at radius 2 is 2.08 bits per heavy atom. The Labute approximate surface area is 221 Å². The predicted octanol–water partition coefficient (Wildman–Crippen LogP) is 0.988. The quantitative estimate of drug-likeness (QED) is 0.421. The van der Waals surface area contributed by atoms with Gasteiger partial charge >= 0.3 is 0 Å². The molecule has 1 aliphatic rings. The van der Waals surface area contributed by atoms with E-state index < -0.39 is 0 Å². The highest BCUT2D eigenvalue weighted by atomic mass is 16.5. The van der Waals surface area contributed by atoms with Crippen molar-refractivity contribution >= 4 is 17.5 Å². The fraction of sp³-hybridized carbons (Fsp3) is 0.462. The zero-order valence-electron chi connectivity index (χ0n) is 21.9. The van der Waals surface area contributed by atoms with Crippen LogP contribution in [-0.4, -0.2) is 90.8 Å². The number of nitrogens with zero attached hydrogens (tertiary/aromatic N) is 7. The van der Waals surface area contributed by atoms with Crippen LogP contribution >= 0.6 is 0 Å². The van der Waals surface area contributed by atoms with Crippen LogP contribution in [0.15, 0.2) is 49.1 Å². The Kier molecular flexibility index (Phi) is 8.98. The molecule has 0 spiro atoms. The molecule has 0 fully saturated rings. The van der Waals surface area contributed by atoms with Crippen molar-refractivity contribution in [2.24, 2.45) is 5.92 Å². The highest BCUT2D eigenvalue weighted by Crippen LogP contribution is 2.29. The van der Waals surface area contributed by atoms with Crippen molar-refractivity contribution in [3.63, 3.8) is 0 Å². The van der Waals surface area contributed by atoms with E-state index in [1.165, 1.54) is 11.0 Å². The molecule has 0 saturated heterocycles. The number of anilines is 1. The topological polar surface area (TPSA) is 139 Å². The number of amides is 2. The minimum atomic E-state index is -0.333. The van der Waals surface area contributed by atoms with Gasteiger partial charge in [-0.05, 0) is 60.3 Å². The molecule has 3 aromatic rings. The molecule has 0 unspecified atom stereocenters. The number of likely N-dealkylation sites (N-methyl/N-ethyl adjacent to an activating group) is 1. The first kappa shape index (κ1) is 27.1. The molecule has 2 aromatic heterocycles. The van der Waals surface area contributed by atoms with Crippen molar-refractivity contribution in [2.45, 2.75) is 45.5 Å². The Hall–Kier alpha value is -3.90. The van der Waals surface area contributed by atoms with Crippen LogP contribution in [0.3, 0.4) is 0 Å². The van der Waals surface area contributed by atoms with E-state index in [-0.39, 0.29) is 49.5 Å². The number of carbonyl (C=O) groups excluding carboxylic acids is 2. The number of hydrogen-bond donors (Lipinski definition) is 2. The number of aliphatic hydroxyl groups excluding tert-OH is 1. The molecule has 0 saturated carbocycles. The number of benzene rings is 1. The van der Waals surface area contributed by atoms with Crippen molar-refractivity contribution in [1.29, 1.82) is 0 Å². The summed E-state index contributed by atoms with van der Waals surface area (Å²) in [5.41, 5.74) is 2.35. The Bertz CT molecular complexity index is 1210. The summed E-state index contributed by atoms with van der Waals surface area (Å²) in [7, 11) is 2.03. The Morgan fingerprint density at radius 3 is 2.79 bits per heavy atom. The summed E-state index contributed by atoms with van der Waals surface area (Å²) in [6, 6.07) is 8.95. The van der Waals surface area contributed by atoms with Crippen LogP contribution in [0, 0.1) is 5.92 Å². The summed E-state index contributed by atoms with van der Waals surface area (Å²) in [5, 5.41) is 23.4. The average molecular weight is 523 g/mol. The van der Waals surface area contributed by atoms with Crippen molar-refractivity contribution < 1.29 is 19.4 Å². The zero-order chi connectivity index (χ0) is 27.1. The van der Waals surface area contributed by atoms with E-state index in [4.69, 9.17) is 4.74 Å². The Balaban J connectivity index is 1.57. The molecule has 1 aliphatic heterocycles. The van der Waals surface area contributed by atoms with Crippen LogP contribution in [0.2, 0.25) is 0 Å². The highest BCUT2D eigenvalue weighted by molar-refractivity contribution is 5.91. The summed E-state index contributed by atoms with van der Waals surface area (Å²) in [6.45, 7) is 5.54. The molecule has 12 heteroatoms. The fourth-order valence-corrected chi connectivity index (χ4v) is 4.50. The van der Waals surface area contributed by atoms with Gasteiger partial charge in [-0.25, -0.2) is 4.68 Å². The normalized spacial score (nSPS) is 18.7. The van der Waals surface area contributed by atoms with Gasteiger partial charge in [0.25, 0.3) is 0 Å². The number of ether oxygens (including phenoxy) is 1. The van der Waals surface area contributed by atoms with Gasteiger partial charge in [0, 0.05) is 49.2 Å². The van der Waals surface area contributed by atoms with E-state index >= 15 is 0 Å². The van der Waals surface area contributed by atoms with Crippen LogP contribution in [-0.2, 0) is 29.1 Å². The first-order chi connectivity index (χ1) is 18.3. The molecule has 0 bridgehead atoms. The van der Waals surface area contributed by atoms with Gasteiger partial charge in [-0.2, -0.15) is 0 Å². The van der Waals surface area contributed by atoms with Crippen LogP contribution in [0.1, 0.15) is 25.0 Å². The number of aliphatic hydroxyl groups is 1. The van der Waals surface area contributed by atoms with Crippen molar-refractivity contribution in [1.82, 2.24) is 35.0 Å². The first-order valence-electron chi connectivity index (χ1n) is 12.6. The molecule has 2 amide bonds. The van der Waals surface area contributed by atoms with E-state index in [9.17, 15) is 14.7 Å². The zero-order valence-corrected chi connectivity index (χ0v) is 21.9. The number of pyridine rings is 1. The lowest BCUT2D eigenvalue weighted by molar-refractivity contribution is -0.134. The molecular weight excluding hydrogens is 488 g/mol. The van der Waals surface area contributed by atoms with E-state index in [0.29, 0.717) is 30.1 Å². The molecule has 0 radical (unpaired) electrons. The van der Waals surface area contributed by atoms with Crippen LogP contribution in [0.25, 0.3) is 0 Å². The average Bonchev–Trinajstić information content (AvgIpc) is 3.41. The van der Waals surface area contributed by atoms with Gasteiger partial charge in [-0.15, -0.1) is 5.10 Å². The third kappa shape index (κ3) is 7.11. The molecule has 12 nitrogen and oxygen atoms in total. The number of aromatic nitrogens is 5. The third-order valence-electron chi connectivity index (χ3n) is 6.59. The van der Waals surface area contributed by atoms with Gasteiger partial charge in [0.2, 0.25) is 11.8 Å². The van der Waals surface area contributed by atoms with Gasteiger partial charge in [-0.1, -0.05) is 6.92 Å². The van der Waals surface area contributed by atoms with E-state index in [1.807, 2.05) is 26.1 Å². The monoisotopic (exact) mass is 522 g/mol. The van der Waals surface area contributed by atoms with Crippen LogP contribution in [0.4, 0.5) is 5.69 Å². The van der Waals surface area contributed by atoms with E-state index in [0.717, 1.165) is 12.1 Å². The lowest BCUT2D eigenvalue weighted by atomic mass is 10.0. The summed E-state index contributed by atoms with van der Waals surface area (Å²) in [4.78, 5) is 33.8. The summed E-state index contributed by atoms with van der Waals surface area (Å²) >= 11 is 0. The van der Waals surface area contributed by atoms with Gasteiger partial charge in [-0.3, -0.25) is 19.5 Å². The molecular formula is C26H34N8O4. The standard InChI is InChI=1S/C26H34N8O4/c1-18-12-34(19(2)16-35)26(37)11-21-10-22(29-25(36)15-33-17-28-30-31-33)4-5-23(21)38-24(18)14-32(3)13-20-6-8-27-9-7-20/h4-10,17-19,24,35H,11-16H2,1-3H3,(H,29,36)/t18-,19-,24+/m0/s1. The van der Waals surface area contributed by atoms with Crippen LogP contribution < -0.4 is 10.1 Å². The van der Waals surface area contributed by atoms with Crippen molar-refractivity contribution in [3.8, 4) is 5.75 Å². The number of nitrogens with one attached hydrogen (secondary N) is 1. The summed E-state index contributed by atoms with van der Waals surface area (Å²) in [6.07, 6.45) is 4.78. The lowest BCUT2D eigenvalue weighted by Gasteiger charge is -2.34. The smallest absolute Gasteiger partial charge is 0.246 e. The first-order valence-corrected chi connectivity index (χ1v) is 12.6. The Morgan fingerprint density at radius 1 is 1.29 bits per heavy atom. The molecule has 3 heterocycles. The molecule has 4 rings (SSSR count). The van der Waals surface area contributed by atoms with Crippen LogP contribution in [0.5, 0.6) is 5.75 Å². The summed E-state index contributed by atoms with van der Waals surface area (Å²) < 4.78 is 7.88. The molecule has 38 heavy (non-hydrogen) atoms. The third-order valence-corrected chi connectivity index (χ3v) is 6.59. The van der Waals surface area contributed by atoms with Gasteiger partial charge < -0.3 is 20.1 Å². The maximum atomic E-state index is 13.4. The van der Waals surface area contributed by atoms with Crippen molar-refractivity contribution in [3.05, 3.63) is 60.2 Å². The number of hydrogen-bond acceptors (Lipinski definition) is 9. The number of rotatable bonds is 9. The van der Waals surface area contributed by atoms with Gasteiger partial charge in [0.05, 0.1) is 19.1 Å². The highest BCUT2D eigenvalue weighted by Gasteiger charge is 2.31. The fourth-order valence-electron chi connectivity index (χ4n) is 4.50. The summed E-state index contributed by atoms with van der Waals surface area (Å²) in [5.74, 6) is 0.192. The minimum Gasteiger partial charge on any atom is -0.488 e. The van der Waals surface area contributed by atoms with Gasteiger partial charge in [0.15, 0.2) is 0 Å². The maximum absolute atomic E-state index is 13.4. The minimum absolute atomic E-state index is 0.00513. The lowest BCUT2D eigenvalue weighted by Crippen LogP contribution is -2.47. The maximum Gasteiger partial charge on any atom is 0.246 e. The van der Waals surface area contributed by atoms with Gasteiger partial charge in [0.1, 0.15) is 24.7 Å². The SMILES string of the molecule is C[C@H]1CN([C@@H](C)CO)C(=O)Cc2cc(NC(=O)Cn3cnnn3)ccc2O[C@@H]1CN(C)Cc1ccncc1. The second-order valence-corrected chi connectivity index (χ2v) is 9.82. The molecule has 3 atom stereocenters. The second-order valence-electron chi connectivity index (χ2n) is 9.82. The number of fused-ring (bicyclic) bond motifs is 1. The van der Waals surface area contributed by atoms with E-state index in [2.05, 4.69) is 37.6 Å². The second kappa shape index (κ2) is 12.6. The predicted molar refractivity (Wildman–Crippen MR) is 139 cm³/mol. The molecule has 1 aromatic carbocycles. The molecule has 0 aliphatic carbocycles. The molecule has 2 N–H and O–H groups in total. The number of carbonyl (C=O) groups is 2. The number of tetrazole rings is 1. The van der Waals surface area contributed by atoms with E-state index in [1.54, 1.807) is 35.5 Å².